The van der Waals surface area contributed by atoms with Crippen molar-refractivity contribution >= 4 is 28.4 Å². The second-order valence-electron chi connectivity index (χ2n) is 9.73. The van der Waals surface area contributed by atoms with E-state index in [2.05, 4.69) is 20.4 Å². The molecule has 188 valence electrons. The molecule has 2 aliphatic rings. The minimum Gasteiger partial charge on any atom is -0.479 e. The fraction of sp³-hybridized carbons (Fsp3) is 0.440. The van der Waals surface area contributed by atoms with Gasteiger partial charge in [-0.1, -0.05) is 6.07 Å². The number of carbonyl (C=O) groups excluding carboxylic acids is 1. The zero-order chi connectivity index (χ0) is 25.2. The van der Waals surface area contributed by atoms with E-state index in [4.69, 9.17) is 4.74 Å². The largest absolute Gasteiger partial charge is 0.479 e. The summed E-state index contributed by atoms with van der Waals surface area (Å²) in [7, 11) is 1.56. The van der Waals surface area contributed by atoms with Gasteiger partial charge >= 0.3 is 0 Å². The highest BCUT2D eigenvalue weighted by Gasteiger charge is 2.55. The Labute approximate surface area is 206 Å². The number of anilines is 1. The molecule has 0 radical (unpaired) electrons. The minimum atomic E-state index is -2.47. The van der Waals surface area contributed by atoms with E-state index in [0.717, 1.165) is 36.9 Å². The van der Waals surface area contributed by atoms with Crippen LogP contribution in [0.5, 0.6) is 5.88 Å². The lowest BCUT2D eigenvalue weighted by atomic mass is 9.64. The summed E-state index contributed by atoms with van der Waals surface area (Å²) in [5.41, 5.74) is 3.66. The van der Waals surface area contributed by atoms with Crippen LogP contribution >= 0.6 is 0 Å². The van der Waals surface area contributed by atoms with Gasteiger partial charge in [0.1, 0.15) is 11.3 Å². The lowest BCUT2D eigenvalue weighted by molar-refractivity contribution is -0.154. The van der Waals surface area contributed by atoms with Crippen molar-refractivity contribution < 1.29 is 18.3 Å². The Morgan fingerprint density at radius 2 is 2.08 bits per heavy atom. The summed E-state index contributed by atoms with van der Waals surface area (Å²) >= 11 is 0. The maximum Gasteiger partial charge on any atom is 0.256 e. The van der Waals surface area contributed by atoms with Crippen molar-refractivity contribution in [2.45, 2.75) is 57.7 Å². The molecule has 0 atom stereocenters. The molecule has 1 aliphatic heterocycles. The number of aryl methyl sites for hydroxylation is 1. The highest BCUT2D eigenvalue weighted by molar-refractivity contribution is 5.90. The van der Waals surface area contributed by atoms with Crippen LogP contribution in [0.2, 0.25) is 0 Å². The standard InChI is InChI=1S/C25H27F2N7O2/c1-14-28-19-5-4-16(10-20(19)32(14)13-21(26)27)18-6-8-34-22(18)23(36-3)30-24(31-34)29-17-11-25(12-17)7-9-33(25)15(2)35/h4-6,8,10,17,21H,7,9,11-13H2,1-3H3,(H,29,31). The number of alkyl halides is 2. The predicted octanol–water partition coefficient (Wildman–Crippen LogP) is 3.89. The summed E-state index contributed by atoms with van der Waals surface area (Å²) in [4.78, 5) is 22.8. The first-order valence-corrected chi connectivity index (χ1v) is 12.0. The number of likely N-dealkylation sites (tertiary alicyclic amines) is 1. The van der Waals surface area contributed by atoms with Crippen LogP contribution in [0.25, 0.3) is 27.7 Å². The average Bonchev–Trinajstić information content (AvgIpc) is 3.34. The number of hydrogen-bond donors (Lipinski definition) is 1. The van der Waals surface area contributed by atoms with Gasteiger partial charge in [-0.3, -0.25) is 4.79 Å². The third kappa shape index (κ3) is 3.48. The molecule has 2 fully saturated rings. The summed E-state index contributed by atoms with van der Waals surface area (Å²) in [6.07, 6.45) is 2.14. The molecule has 11 heteroatoms. The van der Waals surface area contributed by atoms with Crippen LogP contribution in [0, 0.1) is 6.92 Å². The number of nitrogens with one attached hydrogen (secondary N) is 1. The number of fused-ring (bicyclic) bond motifs is 2. The van der Waals surface area contributed by atoms with E-state index in [0.29, 0.717) is 34.2 Å². The fourth-order valence-electron chi connectivity index (χ4n) is 5.81. The summed E-state index contributed by atoms with van der Waals surface area (Å²) in [5, 5.41) is 8.02. The Morgan fingerprint density at radius 3 is 2.75 bits per heavy atom. The number of hydrogen-bond acceptors (Lipinski definition) is 6. The smallest absolute Gasteiger partial charge is 0.256 e. The van der Waals surface area contributed by atoms with Crippen molar-refractivity contribution in [3.63, 3.8) is 0 Å². The average molecular weight is 496 g/mol. The van der Waals surface area contributed by atoms with E-state index in [1.165, 1.54) is 4.57 Å². The molecule has 9 nitrogen and oxygen atoms in total. The number of nitrogens with zero attached hydrogens (tertiary/aromatic N) is 6. The highest BCUT2D eigenvalue weighted by atomic mass is 19.3. The summed E-state index contributed by atoms with van der Waals surface area (Å²) < 4.78 is 35.2. The van der Waals surface area contributed by atoms with Gasteiger partial charge < -0.3 is 19.5 Å². The first-order chi connectivity index (χ1) is 17.3. The van der Waals surface area contributed by atoms with E-state index < -0.39 is 13.0 Å². The van der Waals surface area contributed by atoms with Gasteiger partial charge in [-0.25, -0.2) is 18.3 Å². The van der Waals surface area contributed by atoms with Gasteiger partial charge in [-0.2, -0.15) is 4.98 Å². The Hall–Kier alpha value is -3.76. The van der Waals surface area contributed by atoms with E-state index in [9.17, 15) is 13.6 Å². The fourth-order valence-corrected chi connectivity index (χ4v) is 5.81. The Bertz CT molecular complexity index is 1490. The second-order valence-corrected chi connectivity index (χ2v) is 9.73. The van der Waals surface area contributed by atoms with Crippen molar-refractivity contribution in [2.24, 2.45) is 0 Å². The third-order valence-corrected chi connectivity index (χ3v) is 7.58. The predicted molar refractivity (Wildman–Crippen MR) is 130 cm³/mol. The second kappa shape index (κ2) is 8.14. The summed E-state index contributed by atoms with van der Waals surface area (Å²) in [5.74, 6) is 1.54. The number of ether oxygens (including phenoxy) is 1. The van der Waals surface area contributed by atoms with Gasteiger partial charge in [0.25, 0.3) is 6.43 Å². The quantitative estimate of drug-likeness (QED) is 0.437. The molecule has 4 aromatic rings. The number of halogens is 2. The van der Waals surface area contributed by atoms with Crippen molar-refractivity contribution in [1.29, 1.82) is 0 Å². The first kappa shape index (κ1) is 22.7. The molecule has 1 amide bonds. The highest BCUT2D eigenvalue weighted by Crippen LogP contribution is 2.48. The topological polar surface area (TPSA) is 89.6 Å². The molecule has 36 heavy (non-hydrogen) atoms. The van der Waals surface area contributed by atoms with Crippen LogP contribution in [0.1, 0.15) is 32.0 Å². The molecule has 6 rings (SSSR count). The minimum absolute atomic E-state index is 0.00779. The van der Waals surface area contributed by atoms with Gasteiger partial charge in [0.15, 0.2) is 0 Å². The zero-order valence-electron chi connectivity index (χ0n) is 20.3. The van der Waals surface area contributed by atoms with E-state index >= 15 is 0 Å². The van der Waals surface area contributed by atoms with Gasteiger partial charge in [0.05, 0.1) is 24.7 Å². The Morgan fingerprint density at radius 1 is 1.28 bits per heavy atom. The summed E-state index contributed by atoms with van der Waals surface area (Å²) in [6, 6.07) is 7.71. The molecule has 1 N–H and O–H groups in total. The van der Waals surface area contributed by atoms with E-state index in [1.54, 1.807) is 25.5 Å². The Balaban J connectivity index is 1.30. The maximum absolute atomic E-state index is 13.2. The molecular formula is C25H27F2N7O2. The van der Waals surface area contributed by atoms with Gasteiger partial charge in [0.2, 0.25) is 17.7 Å². The van der Waals surface area contributed by atoms with Crippen molar-refractivity contribution in [1.82, 2.24) is 29.0 Å². The lowest BCUT2D eigenvalue weighted by Crippen LogP contribution is -2.70. The van der Waals surface area contributed by atoms with Crippen LogP contribution in [0.3, 0.4) is 0 Å². The third-order valence-electron chi connectivity index (χ3n) is 7.58. The van der Waals surface area contributed by atoms with Crippen LogP contribution in [-0.4, -0.2) is 66.6 Å². The maximum atomic E-state index is 13.2. The number of methoxy groups -OCH3 is 1. The number of aromatic nitrogens is 5. The number of benzene rings is 1. The molecule has 1 saturated heterocycles. The van der Waals surface area contributed by atoms with Crippen molar-refractivity contribution in [2.75, 3.05) is 19.0 Å². The normalized spacial score (nSPS) is 21.3. The molecule has 0 bridgehead atoms. The van der Waals surface area contributed by atoms with Crippen molar-refractivity contribution in [3.05, 3.63) is 36.3 Å². The SMILES string of the molecule is COc1nc(NC2CC3(CCN3C(C)=O)C2)nn2ccc(-c3ccc4nc(C)n(CC(F)F)c4c3)c12. The van der Waals surface area contributed by atoms with Crippen molar-refractivity contribution in [3.8, 4) is 17.0 Å². The number of carbonyl (C=O) groups is 1. The molecule has 0 unspecified atom stereocenters. The monoisotopic (exact) mass is 495 g/mol. The summed E-state index contributed by atoms with van der Waals surface area (Å²) in [6.45, 7) is 3.78. The molecule has 1 aromatic carbocycles. The Kier molecular flexibility index (Phi) is 5.13. The molecule has 1 aliphatic carbocycles. The van der Waals surface area contributed by atoms with E-state index in [-0.39, 0.29) is 17.5 Å². The van der Waals surface area contributed by atoms with E-state index in [1.807, 2.05) is 35.4 Å². The van der Waals surface area contributed by atoms with Gasteiger partial charge in [-0.15, -0.1) is 5.10 Å². The van der Waals surface area contributed by atoms with Gasteiger partial charge in [0, 0.05) is 36.8 Å². The number of rotatable bonds is 6. The van der Waals surface area contributed by atoms with Crippen LogP contribution in [0.4, 0.5) is 14.7 Å². The van der Waals surface area contributed by atoms with Crippen LogP contribution in [-0.2, 0) is 11.3 Å². The zero-order valence-corrected chi connectivity index (χ0v) is 20.3. The lowest BCUT2D eigenvalue weighted by Gasteiger charge is -2.61. The molecule has 1 saturated carbocycles. The first-order valence-electron chi connectivity index (χ1n) is 12.0. The molecule has 4 heterocycles. The number of amides is 1. The molecule has 1 spiro atoms. The number of imidazole rings is 1. The molecular weight excluding hydrogens is 468 g/mol. The van der Waals surface area contributed by atoms with Gasteiger partial charge in [-0.05, 0) is 49.9 Å². The van der Waals surface area contributed by atoms with Crippen LogP contribution < -0.4 is 10.1 Å². The molecule has 3 aromatic heterocycles. The van der Waals surface area contributed by atoms with Crippen LogP contribution in [0.15, 0.2) is 30.5 Å².